The van der Waals surface area contributed by atoms with Crippen LogP contribution in [-0.2, 0) is 28.7 Å². The van der Waals surface area contributed by atoms with Gasteiger partial charge in [-0.05, 0) is 57.8 Å². The maximum atomic E-state index is 13.0. The van der Waals surface area contributed by atoms with Crippen LogP contribution in [0.5, 0.6) is 0 Å². The Bertz CT molecular complexity index is 1010. The van der Waals surface area contributed by atoms with Gasteiger partial charge in [0, 0.05) is 19.5 Å². The zero-order valence-electron chi connectivity index (χ0n) is 36.6. The number of amides is 2. The number of carbonyl (C=O) groups excluding carboxylic acids is 4. The lowest BCUT2D eigenvalue weighted by Crippen LogP contribution is -2.47. The Morgan fingerprint density at radius 3 is 1.43 bits per heavy atom. The molecule has 0 saturated carbocycles. The van der Waals surface area contributed by atoms with Crippen molar-refractivity contribution in [1.29, 1.82) is 0 Å². The molecule has 0 heterocycles. The van der Waals surface area contributed by atoms with E-state index in [0.717, 1.165) is 135 Å². The van der Waals surface area contributed by atoms with E-state index >= 15 is 0 Å². The number of rotatable bonds is 40. The van der Waals surface area contributed by atoms with Gasteiger partial charge in [0.25, 0.3) is 0 Å². The maximum absolute atomic E-state index is 13.0. The number of nitrogens with two attached hydrogens (primary N) is 2. The topological polar surface area (TPSA) is 175 Å². The van der Waals surface area contributed by atoms with E-state index in [1.165, 1.54) is 38.5 Å². The molecule has 0 saturated heterocycles. The summed E-state index contributed by atoms with van der Waals surface area (Å²) in [6.07, 6.45) is 28.3. The molecule has 0 bridgehead atoms. The van der Waals surface area contributed by atoms with Crippen molar-refractivity contribution in [3.8, 4) is 0 Å². The number of ether oxygens (including phenoxy) is 2. The largest absolute Gasteiger partial charge is 0.465 e. The summed E-state index contributed by atoms with van der Waals surface area (Å²) in [7, 11) is 0. The third-order valence-electron chi connectivity index (χ3n) is 10.6. The van der Waals surface area contributed by atoms with Crippen LogP contribution >= 0.6 is 0 Å². The lowest BCUT2D eigenvalue weighted by Gasteiger charge is -2.18. The molecule has 11 heteroatoms. The molecule has 0 aromatic heterocycles. The molecule has 2 amide bonds. The number of esters is 2. The van der Waals surface area contributed by atoms with Gasteiger partial charge >= 0.3 is 11.9 Å². The van der Waals surface area contributed by atoms with E-state index in [9.17, 15) is 19.2 Å². The number of hydrogen-bond donors (Lipinski definition) is 4. The average molecular weight is 794 g/mol. The van der Waals surface area contributed by atoms with E-state index < -0.39 is 6.04 Å². The molecule has 56 heavy (non-hydrogen) atoms. The van der Waals surface area contributed by atoms with E-state index in [-0.39, 0.29) is 48.1 Å². The SMILES string of the molecule is CCCCCCC(CCCC)C(=O)OCCCCCCCCNC(=O)[C@H](CCN=C(N)N)NC(=O)CCCCCCCOC(=O)C(CCCC)CCCCCC. The van der Waals surface area contributed by atoms with Gasteiger partial charge in [-0.2, -0.15) is 0 Å². The van der Waals surface area contributed by atoms with E-state index in [1.54, 1.807) is 0 Å². The second-order valence-corrected chi connectivity index (χ2v) is 15.9. The summed E-state index contributed by atoms with van der Waals surface area (Å²) >= 11 is 0. The normalized spacial score (nSPS) is 12.7. The molecule has 0 aliphatic carbocycles. The molecular formula is C45H87N5O6. The second kappa shape index (κ2) is 39.0. The van der Waals surface area contributed by atoms with Crippen molar-refractivity contribution in [3.63, 3.8) is 0 Å². The quantitative estimate of drug-likeness (QED) is 0.0205. The minimum Gasteiger partial charge on any atom is -0.465 e. The van der Waals surface area contributed by atoms with Crippen LogP contribution in [0.4, 0.5) is 0 Å². The summed E-state index contributed by atoms with van der Waals surface area (Å²) in [6, 6.07) is -0.700. The van der Waals surface area contributed by atoms with Crippen molar-refractivity contribution in [2.75, 3.05) is 26.3 Å². The first kappa shape index (κ1) is 53.1. The van der Waals surface area contributed by atoms with E-state index in [4.69, 9.17) is 20.9 Å². The monoisotopic (exact) mass is 794 g/mol. The van der Waals surface area contributed by atoms with Gasteiger partial charge in [0.1, 0.15) is 6.04 Å². The van der Waals surface area contributed by atoms with Crippen LogP contribution in [0, 0.1) is 11.8 Å². The molecule has 0 aromatic carbocycles. The molecule has 2 unspecified atom stereocenters. The number of carbonyl (C=O) groups is 4. The minimum absolute atomic E-state index is 0.0136. The first-order chi connectivity index (χ1) is 27.2. The van der Waals surface area contributed by atoms with Crippen LogP contribution in [0.2, 0.25) is 0 Å². The molecule has 3 atom stereocenters. The van der Waals surface area contributed by atoms with E-state index in [0.29, 0.717) is 32.6 Å². The lowest BCUT2D eigenvalue weighted by atomic mass is 9.95. The van der Waals surface area contributed by atoms with E-state index in [2.05, 4.69) is 43.3 Å². The van der Waals surface area contributed by atoms with Crippen LogP contribution in [0.15, 0.2) is 4.99 Å². The molecule has 0 aliphatic heterocycles. The van der Waals surface area contributed by atoms with Crippen LogP contribution in [-0.4, -0.2) is 62.1 Å². The Morgan fingerprint density at radius 1 is 0.518 bits per heavy atom. The van der Waals surface area contributed by atoms with Gasteiger partial charge in [-0.25, -0.2) is 0 Å². The van der Waals surface area contributed by atoms with E-state index in [1.807, 2.05) is 0 Å². The Labute approximate surface area is 342 Å². The number of nitrogens with zero attached hydrogens (tertiary/aromatic N) is 1. The van der Waals surface area contributed by atoms with Crippen LogP contribution < -0.4 is 22.1 Å². The highest BCUT2D eigenvalue weighted by Gasteiger charge is 2.21. The fourth-order valence-electron chi connectivity index (χ4n) is 6.92. The summed E-state index contributed by atoms with van der Waals surface area (Å²) in [6.45, 7) is 10.5. The summed E-state index contributed by atoms with van der Waals surface area (Å²) in [5.41, 5.74) is 11.0. The summed E-state index contributed by atoms with van der Waals surface area (Å²) in [5.74, 6) is -0.398. The molecular weight excluding hydrogens is 707 g/mol. The van der Waals surface area contributed by atoms with Crippen LogP contribution in [0.25, 0.3) is 0 Å². The van der Waals surface area contributed by atoms with Gasteiger partial charge in [0.2, 0.25) is 11.8 Å². The zero-order chi connectivity index (χ0) is 41.5. The fourth-order valence-corrected chi connectivity index (χ4v) is 6.92. The summed E-state index contributed by atoms with van der Waals surface area (Å²) < 4.78 is 11.3. The minimum atomic E-state index is -0.700. The van der Waals surface area contributed by atoms with Gasteiger partial charge in [-0.3, -0.25) is 24.2 Å². The maximum Gasteiger partial charge on any atom is 0.308 e. The van der Waals surface area contributed by atoms with Gasteiger partial charge < -0.3 is 31.6 Å². The molecule has 0 spiro atoms. The van der Waals surface area contributed by atoms with Crippen LogP contribution in [0.3, 0.4) is 0 Å². The highest BCUT2D eigenvalue weighted by Crippen LogP contribution is 2.21. The Kier molecular flexibility index (Phi) is 37.0. The molecule has 0 aliphatic rings. The lowest BCUT2D eigenvalue weighted by molar-refractivity contribution is -0.150. The first-order valence-electron chi connectivity index (χ1n) is 23.2. The summed E-state index contributed by atoms with van der Waals surface area (Å²) in [5, 5.41) is 5.86. The molecule has 0 rings (SSSR count). The predicted molar refractivity (Wildman–Crippen MR) is 231 cm³/mol. The molecule has 11 nitrogen and oxygen atoms in total. The molecule has 0 radical (unpaired) electrons. The van der Waals surface area contributed by atoms with Crippen molar-refractivity contribution in [2.24, 2.45) is 28.3 Å². The molecule has 328 valence electrons. The number of guanidine groups is 1. The Morgan fingerprint density at radius 2 is 0.946 bits per heavy atom. The molecule has 0 fully saturated rings. The number of aliphatic imine (C=N–C) groups is 1. The predicted octanol–water partition coefficient (Wildman–Crippen LogP) is 9.57. The van der Waals surface area contributed by atoms with Crippen molar-refractivity contribution < 1.29 is 28.7 Å². The first-order valence-corrected chi connectivity index (χ1v) is 23.2. The van der Waals surface area contributed by atoms with Crippen molar-refractivity contribution in [1.82, 2.24) is 10.6 Å². The highest BCUT2D eigenvalue weighted by molar-refractivity contribution is 5.87. The van der Waals surface area contributed by atoms with Gasteiger partial charge in [0.05, 0.1) is 25.0 Å². The standard InChI is InChI=1S/C45H87N5O6/c1-5-9-13-22-30-38(28-11-7-3)43(53)55-36-26-20-16-15-19-25-34-48-42(52)40(33-35-49-45(46)47)50-41(51)32-24-18-17-21-27-37-56-44(54)39(29-12-8-4)31-23-14-10-6-2/h38-40H,5-37H2,1-4H3,(H,48,52)(H,50,51)(H4,46,47,49)/t38?,39?,40-/m0/s1. The van der Waals surface area contributed by atoms with Crippen molar-refractivity contribution in [3.05, 3.63) is 0 Å². The molecule has 0 aromatic rings. The Hall–Kier alpha value is -2.85. The van der Waals surface area contributed by atoms with Crippen molar-refractivity contribution >= 4 is 29.7 Å². The summed E-state index contributed by atoms with van der Waals surface area (Å²) in [4.78, 5) is 55.0. The van der Waals surface area contributed by atoms with Gasteiger partial charge in [-0.15, -0.1) is 0 Å². The number of unbranched alkanes of at least 4 members (excludes halogenated alkanes) is 17. The average Bonchev–Trinajstić information content (AvgIpc) is 3.18. The Balaban J connectivity index is 4.30. The third kappa shape index (κ3) is 32.3. The molecule has 6 N–H and O–H groups in total. The van der Waals surface area contributed by atoms with Crippen molar-refractivity contribution in [2.45, 2.75) is 220 Å². The second-order valence-electron chi connectivity index (χ2n) is 15.9. The number of hydrogen-bond acceptors (Lipinski definition) is 7. The highest BCUT2D eigenvalue weighted by atomic mass is 16.5. The smallest absolute Gasteiger partial charge is 0.308 e. The fraction of sp³-hybridized carbons (Fsp3) is 0.889. The van der Waals surface area contributed by atoms with Gasteiger partial charge in [0.15, 0.2) is 5.96 Å². The van der Waals surface area contributed by atoms with Gasteiger partial charge in [-0.1, -0.05) is 150 Å². The van der Waals surface area contributed by atoms with Crippen LogP contribution in [0.1, 0.15) is 214 Å². The third-order valence-corrected chi connectivity index (χ3v) is 10.6. The zero-order valence-corrected chi connectivity index (χ0v) is 36.6. The number of nitrogens with one attached hydrogen (secondary N) is 2.